The maximum absolute atomic E-state index is 16.4. The highest BCUT2D eigenvalue weighted by Gasteiger charge is 2.51. The molecule has 3 aromatic carbocycles. The minimum atomic E-state index is -4.60. The number of sulfone groups is 1. The lowest BCUT2D eigenvalue weighted by molar-refractivity contribution is 0.0951. The molecule has 0 aromatic heterocycles. The van der Waals surface area contributed by atoms with Crippen molar-refractivity contribution < 1.29 is 26.7 Å². The summed E-state index contributed by atoms with van der Waals surface area (Å²) in [6.45, 7) is 2.32. The van der Waals surface area contributed by atoms with Gasteiger partial charge in [0.2, 0.25) is 9.84 Å². The first-order valence-electron chi connectivity index (χ1n) is 12.8. The number of halogens is 4. The second kappa shape index (κ2) is 13.2. The highest BCUT2D eigenvalue weighted by atomic mass is 35.5. The Hall–Kier alpha value is -3.24. The van der Waals surface area contributed by atoms with Gasteiger partial charge in [0.1, 0.15) is 11.6 Å². The molecule has 1 aliphatic carbocycles. The van der Waals surface area contributed by atoms with Crippen LogP contribution in [-0.4, -0.2) is 38.5 Å². The highest BCUT2D eigenvalue weighted by Crippen LogP contribution is 2.38. The second-order valence-electron chi connectivity index (χ2n) is 9.41. The van der Waals surface area contributed by atoms with Crippen LogP contribution in [0.5, 0.6) is 5.75 Å². The van der Waals surface area contributed by atoms with Crippen LogP contribution in [0.2, 0.25) is 10.0 Å². The molecule has 0 bridgehead atoms. The Morgan fingerprint density at radius 2 is 1.78 bits per heavy atom. The van der Waals surface area contributed by atoms with E-state index in [-0.39, 0.29) is 17.4 Å². The number of benzene rings is 3. The SMILES string of the molecule is CC(NC1C=C(F)C=CC1(F)S(=O)(=O)c1ccc(Cl)cc1)c1ccccc1OCCCNC(=O)c1cccc(Cl)c1. The number of para-hydroxylation sites is 1. The van der Waals surface area contributed by atoms with Crippen LogP contribution in [-0.2, 0) is 9.84 Å². The molecule has 2 N–H and O–H groups in total. The van der Waals surface area contributed by atoms with Gasteiger partial charge in [0.05, 0.1) is 17.5 Å². The van der Waals surface area contributed by atoms with Crippen LogP contribution >= 0.6 is 23.2 Å². The summed E-state index contributed by atoms with van der Waals surface area (Å²) in [6, 6.07) is 16.6. The lowest BCUT2D eigenvalue weighted by Gasteiger charge is -2.34. The molecule has 0 spiro atoms. The van der Waals surface area contributed by atoms with Crippen LogP contribution < -0.4 is 15.4 Å². The van der Waals surface area contributed by atoms with Crippen molar-refractivity contribution in [2.24, 2.45) is 0 Å². The molecule has 3 atom stereocenters. The second-order valence-corrected chi connectivity index (χ2v) is 12.4. The fourth-order valence-electron chi connectivity index (χ4n) is 4.35. The van der Waals surface area contributed by atoms with E-state index in [2.05, 4.69) is 10.6 Å². The van der Waals surface area contributed by atoms with E-state index in [1.54, 1.807) is 55.5 Å². The van der Waals surface area contributed by atoms with Crippen molar-refractivity contribution in [1.29, 1.82) is 0 Å². The van der Waals surface area contributed by atoms with Crippen molar-refractivity contribution in [3.05, 3.63) is 118 Å². The van der Waals surface area contributed by atoms with Crippen LogP contribution in [0.15, 0.2) is 102 Å². The number of alkyl halides is 1. The molecule has 11 heteroatoms. The number of hydrogen-bond acceptors (Lipinski definition) is 5. The fraction of sp³-hybridized carbons (Fsp3) is 0.233. The maximum atomic E-state index is 16.4. The molecule has 0 saturated carbocycles. The van der Waals surface area contributed by atoms with Gasteiger partial charge in [-0.25, -0.2) is 17.2 Å². The third-order valence-corrected chi connectivity index (χ3v) is 9.12. The number of carbonyl (C=O) groups is 1. The number of carbonyl (C=O) groups excluding carboxylic acids is 1. The maximum Gasteiger partial charge on any atom is 0.252 e. The van der Waals surface area contributed by atoms with Gasteiger partial charge in [-0.15, -0.1) is 0 Å². The van der Waals surface area contributed by atoms with Gasteiger partial charge < -0.3 is 10.1 Å². The molecule has 216 valence electrons. The van der Waals surface area contributed by atoms with Gasteiger partial charge in [-0.3, -0.25) is 10.1 Å². The van der Waals surface area contributed by atoms with Crippen molar-refractivity contribution >= 4 is 38.9 Å². The number of rotatable bonds is 11. The zero-order chi connectivity index (χ0) is 29.6. The fourth-order valence-corrected chi connectivity index (χ4v) is 6.24. The van der Waals surface area contributed by atoms with Crippen LogP contribution in [0.25, 0.3) is 0 Å². The van der Waals surface area contributed by atoms with Crippen LogP contribution in [0.1, 0.15) is 35.3 Å². The largest absolute Gasteiger partial charge is 0.493 e. The molecule has 0 radical (unpaired) electrons. The summed E-state index contributed by atoms with van der Waals surface area (Å²) in [6.07, 6.45) is 2.93. The third-order valence-electron chi connectivity index (χ3n) is 6.52. The minimum absolute atomic E-state index is 0.254. The predicted octanol–water partition coefficient (Wildman–Crippen LogP) is 6.77. The van der Waals surface area contributed by atoms with Gasteiger partial charge in [-0.05, 0) is 80.1 Å². The van der Waals surface area contributed by atoms with Crippen molar-refractivity contribution in [2.45, 2.75) is 35.3 Å². The molecule has 0 heterocycles. The summed E-state index contributed by atoms with van der Waals surface area (Å²) in [7, 11) is -4.60. The number of allylic oxidation sites excluding steroid dienone is 2. The van der Waals surface area contributed by atoms with Gasteiger partial charge in [0.15, 0.2) is 0 Å². The van der Waals surface area contributed by atoms with E-state index in [9.17, 15) is 17.6 Å². The Labute approximate surface area is 247 Å². The summed E-state index contributed by atoms with van der Waals surface area (Å²) in [5, 5.41) is 3.52. The quantitative estimate of drug-likeness (QED) is 0.231. The van der Waals surface area contributed by atoms with E-state index in [1.165, 1.54) is 24.3 Å². The Kier molecular flexibility index (Phi) is 9.86. The molecule has 41 heavy (non-hydrogen) atoms. The molecule has 6 nitrogen and oxygen atoms in total. The first-order valence-corrected chi connectivity index (χ1v) is 15.0. The molecule has 0 saturated heterocycles. The summed E-state index contributed by atoms with van der Waals surface area (Å²) >= 11 is 11.8. The number of ether oxygens (including phenoxy) is 1. The van der Waals surface area contributed by atoms with Crippen LogP contribution in [0.3, 0.4) is 0 Å². The molecule has 4 rings (SSSR count). The Morgan fingerprint density at radius 3 is 2.51 bits per heavy atom. The van der Waals surface area contributed by atoms with Gasteiger partial charge >= 0.3 is 0 Å². The monoisotopic (exact) mass is 620 g/mol. The topological polar surface area (TPSA) is 84.5 Å². The van der Waals surface area contributed by atoms with Gasteiger partial charge in [0.25, 0.3) is 10.9 Å². The first-order chi connectivity index (χ1) is 19.5. The zero-order valence-corrected chi connectivity index (χ0v) is 24.3. The Morgan fingerprint density at radius 1 is 1.05 bits per heavy atom. The van der Waals surface area contributed by atoms with E-state index in [4.69, 9.17) is 27.9 Å². The van der Waals surface area contributed by atoms with Crippen molar-refractivity contribution in [2.75, 3.05) is 13.2 Å². The third kappa shape index (κ3) is 7.16. The van der Waals surface area contributed by atoms with Gasteiger partial charge in [-0.2, -0.15) is 0 Å². The molecular weight excluding hydrogens is 593 g/mol. The molecule has 0 fully saturated rings. The lowest BCUT2D eigenvalue weighted by Crippen LogP contribution is -2.52. The molecule has 1 aliphatic rings. The predicted molar refractivity (Wildman–Crippen MR) is 156 cm³/mol. The normalized spacial score (nSPS) is 19.3. The zero-order valence-electron chi connectivity index (χ0n) is 22.0. The average molecular weight is 622 g/mol. The van der Waals surface area contributed by atoms with E-state index in [0.29, 0.717) is 39.9 Å². The molecule has 1 amide bonds. The average Bonchev–Trinajstić information content (AvgIpc) is 2.95. The van der Waals surface area contributed by atoms with E-state index < -0.39 is 32.7 Å². The number of amides is 1. The summed E-state index contributed by atoms with van der Waals surface area (Å²) < 4.78 is 63.3. The molecular formula is C30H28Cl2F2N2O4S. The number of hydrogen-bond donors (Lipinski definition) is 2. The van der Waals surface area contributed by atoms with Gasteiger partial charge in [-0.1, -0.05) is 47.5 Å². The lowest BCUT2D eigenvalue weighted by atomic mass is 10.0. The van der Waals surface area contributed by atoms with E-state index >= 15 is 4.39 Å². The molecule has 3 unspecified atom stereocenters. The standard InChI is InChI=1S/C30H28Cl2F2N2O4S/c1-20(36-28-19-24(33)14-15-30(28,34)41(38,39)25-12-10-22(31)11-13-25)26-8-2-3-9-27(26)40-17-5-16-35-29(37)21-6-4-7-23(32)18-21/h2-4,6-15,18-20,28,36H,5,16-17H2,1H3,(H,35,37). The number of nitrogens with one attached hydrogen (secondary N) is 2. The molecule has 3 aromatic rings. The Bertz CT molecular complexity index is 1560. The van der Waals surface area contributed by atoms with Gasteiger partial charge in [0, 0.05) is 33.8 Å². The Balaban J connectivity index is 1.42. The smallest absolute Gasteiger partial charge is 0.252 e. The molecule has 0 aliphatic heterocycles. The van der Waals surface area contributed by atoms with E-state index in [1.807, 2.05) is 0 Å². The van der Waals surface area contributed by atoms with E-state index in [0.717, 1.165) is 18.2 Å². The van der Waals surface area contributed by atoms with Crippen LogP contribution in [0.4, 0.5) is 8.78 Å². The minimum Gasteiger partial charge on any atom is -0.493 e. The van der Waals surface area contributed by atoms with Crippen molar-refractivity contribution in [3.63, 3.8) is 0 Å². The summed E-state index contributed by atoms with van der Waals surface area (Å²) in [5.41, 5.74) is 1.07. The highest BCUT2D eigenvalue weighted by molar-refractivity contribution is 7.93. The van der Waals surface area contributed by atoms with Crippen molar-refractivity contribution in [1.82, 2.24) is 10.6 Å². The first kappa shape index (κ1) is 30.7. The summed E-state index contributed by atoms with van der Waals surface area (Å²) in [4.78, 5) is 12.0. The van der Waals surface area contributed by atoms with Crippen LogP contribution in [0, 0.1) is 0 Å². The van der Waals surface area contributed by atoms with Crippen molar-refractivity contribution in [3.8, 4) is 5.75 Å². The summed E-state index contributed by atoms with van der Waals surface area (Å²) in [5.74, 6) is -0.538.